The fourth-order valence-electron chi connectivity index (χ4n) is 3.99. The monoisotopic (exact) mass is 572 g/mol. The first-order valence-corrected chi connectivity index (χ1v) is 17.1. The highest BCUT2D eigenvalue weighted by Crippen LogP contribution is 2.38. The van der Waals surface area contributed by atoms with Crippen LogP contribution >= 0.6 is 22.9 Å². The molecule has 0 radical (unpaired) electrons. The Bertz CT molecular complexity index is 1410. The van der Waals surface area contributed by atoms with Gasteiger partial charge in [0, 0.05) is 22.5 Å². The molecular formula is C27H30ClFN4O3SSi. The second-order valence-corrected chi connectivity index (χ2v) is 16.2. The summed E-state index contributed by atoms with van der Waals surface area (Å²) in [5, 5.41) is 9.44. The Hall–Kier alpha value is -3.00. The Kier molecular flexibility index (Phi) is 8.70. The maximum atomic E-state index is 14.5. The number of thiazole rings is 1. The molecule has 0 bridgehead atoms. The Morgan fingerprint density at radius 2 is 2.08 bits per heavy atom. The minimum atomic E-state index is -1.54. The Balaban J connectivity index is 1.46. The van der Waals surface area contributed by atoms with E-state index in [1.165, 1.54) is 24.5 Å². The molecule has 1 aliphatic heterocycles. The lowest BCUT2D eigenvalue weighted by Crippen LogP contribution is -2.27. The molecule has 3 aromatic rings. The molecule has 4 rings (SSSR count). The van der Waals surface area contributed by atoms with Crippen molar-refractivity contribution < 1.29 is 18.7 Å². The maximum absolute atomic E-state index is 14.5. The van der Waals surface area contributed by atoms with Crippen LogP contribution < -0.4 is 9.64 Å². The molecule has 38 heavy (non-hydrogen) atoms. The lowest BCUT2D eigenvalue weighted by molar-refractivity contribution is 0.0593. The van der Waals surface area contributed by atoms with E-state index in [2.05, 4.69) is 46.3 Å². The predicted molar refractivity (Wildman–Crippen MR) is 151 cm³/mol. The van der Waals surface area contributed by atoms with Crippen molar-refractivity contribution in [3.05, 3.63) is 56.4 Å². The van der Waals surface area contributed by atoms with E-state index >= 15 is 0 Å². The van der Waals surface area contributed by atoms with Gasteiger partial charge in [0.15, 0.2) is 33.4 Å². The van der Waals surface area contributed by atoms with Crippen molar-refractivity contribution in [2.75, 3.05) is 25.2 Å². The lowest BCUT2D eigenvalue weighted by atomic mass is 10.0. The number of fused-ring (bicyclic) bond motifs is 1. The highest BCUT2D eigenvalue weighted by Gasteiger charge is 2.28. The van der Waals surface area contributed by atoms with Gasteiger partial charge in [-0.1, -0.05) is 37.2 Å². The number of anilines is 2. The third-order valence-corrected chi connectivity index (χ3v) is 8.32. The van der Waals surface area contributed by atoms with Crippen LogP contribution in [-0.4, -0.2) is 49.5 Å². The average molecular weight is 573 g/mol. The molecule has 0 N–H and O–H groups in total. The molecule has 0 spiro atoms. The van der Waals surface area contributed by atoms with Crippen molar-refractivity contribution in [2.24, 2.45) is 0 Å². The van der Waals surface area contributed by atoms with E-state index < -0.39 is 19.9 Å². The fraction of sp³-hybridized carbons (Fsp3) is 0.407. The molecule has 3 heterocycles. The van der Waals surface area contributed by atoms with Gasteiger partial charge >= 0.3 is 5.97 Å². The van der Waals surface area contributed by atoms with Gasteiger partial charge in [-0.15, -0.1) is 27.1 Å². The fourth-order valence-corrected chi connectivity index (χ4v) is 5.78. The molecule has 7 nitrogen and oxygen atoms in total. The van der Waals surface area contributed by atoms with Crippen LogP contribution in [0.1, 0.15) is 44.9 Å². The molecular weight excluding hydrogens is 543 g/mol. The molecule has 0 amide bonds. The van der Waals surface area contributed by atoms with E-state index in [1.54, 1.807) is 12.1 Å². The molecule has 0 atom stereocenters. The normalized spacial score (nSPS) is 13.0. The highest BCUT2D eigenvalue weighted by atomic mass is 35.5. The van der Waals surface area contributed by atoms with Gasteiger partial charge in [-0.2, -0.15) is 0 Å². The van der Waals surface area contributed by atoms with E-state index in [0.717, 1.165) is 28.8 Å². The quantitative estimate of drug-likeness (QED) is 0.145. The Labute approximate surface area is 232 Å². The number of hydrogen-bond acceptors (Lipinski definition) is 8. The van der Waals surface area contributed by atoms with Crippen molar-refractivity contribution in [2.45, 2.75) is 52.2 Å². The minimum absolute atomic E-state index is 0.180. The summed E-state index contributed by atoms with van der Waals surface area (Å²) in [6, 6.07) is 4.78. The lowest BCUT2D eigenvalue weighted by Gasteiger charge is -2.28. The SMILES string of the molecule is COC(=O)c1nc(N2CCCc3c2nnc(Cl)c3C)sc1CCCOc1ccc(C#C[Si](C)(C)C)cc1F. The molecule has 0 fully saturated rings. The predicted octanol–water partition coefficient (Wildman–Crippen LogP) is 6.15. The zero-order valence-electron chi connectivity index (χ0n) is 22.2. The molecule has 1 aliphatic rings. The smallest absolute Gasteiger partial charge is 0.357 e. The molecule has 11 heteroatoms. The van der Waals surface area contributed by atoms with Gasteiger partial charge in [0.1, 0.15) is 8.07 Å². The maximum Gasteiger partial charge on any atom is 0.357 e. The molecule has 200 valence electrons. The Morgan fingerprint density at radius 3 is 2.79 bits per heavy atom. The van der Waals surface area contributed by atoms with Crippen molar-refractivity contribution >= 4 is 47.9 Å². The molecule has 0 saturated heterocycles. The molecule has 0 aliphatic carbocycles. The first kappa shape index (κ1) is 28.0. The number of aromatic nitrogens is 3. The molecule has 2 aromatic heterocycles. The number of rotatable bonds is 7. The van der Waals surface area contributed by atoms with Gasteiger partial charge in [-0.05, 0) is 56.4 Å². The highest BCUT2D eigenvalue weighted by molar-refractivity contribution is 7.16. The zero-order valence-corrected chi connectivity index (χ0v) is 24.7. The van der Waals surface area contributed by atoms with Gasteiger partial charge < -0.3 is 14.4 Å². The second kappa shape index (κ2) is 11.8. The van der Waals surface area contributed by atoms with Crippen LogP contribution in [0.3, 0.4) is 0 Å². The third-order valence-electron chi connectivity index (χ3n) is 5.94. The molecule has 0 saturated carbocycles. The van der Waals surface area contributed by atoms with Gasteiger partial charge in [0.25, 0.3) is 0 Å². The van der Waals surface area contributed by atoms with Crippen LogP contribution in [0.2, 0.25) is 24.8 Å². The van der Waals surface area contributed by atoms with Crippen LogP contribution in [0.15, 0.2) is 18.2 Å². The van der Waals surface area contributed by atoms with Crippen LogP contribution in [0.25, 0.3) is 0 Å². The van der Waals surface area contributed by atoms with E-state index in [-0.39, 0.29) is 18.1 Å². The summed E-state index contributed by atoms with van der Waals surface area (Å²) < 4.78 is 25.2. The number of carbonyl (C=O) groups excluding carboxylic acids is 1. The summed E-state index contributed by atoms with van der Waals surface area (Å²) in [7, 11) is -0.208. The van der Waals surface area contributed by atoms with Gasteiger partial charge in [0.05, 0.1) is 13.7 Å². The zero-order chi connectivity index (χ0) is 27.4. The standard InChI is InChI=1S/C27H30ClFN4O3SSi/c1-17-19-8-6-13-33(25(19)32-31-24(17)28)27-30-23(26(34)35-2)22(37-27)9-7-14-36-21-11-10-18(16-20(21)29)12-15-38(3,4)5/h10-11,16H,6-9,13-14H2,1-5H3. The van der Waals surface area contributed by atoms with E-state index in [9.17, 15) is 9.18 Å². The average Bonchev–Trinajstić information content (AvgIpc) is 3.31. The van der Waals surface area contributed by atoms with Crippen LogP contribution in [0.4, 0.5) is 15.3 Å². The first-order chi connectivity index (χ1) is 18.1. The van der Waals surface area contributed by atoms with Gasteiger partial charge in [0.2, 0.25) is 0 Å². The van der Waals surface area contributed by atoms with Crippen molar-refractivity contribution in [1.82, 2.24) is 15.2 Å². The van der Waals surface area contributed by atoms with E-state index in [1.807, 2.05) is 11.8 Å². The number of halogens is 2. The van der Waals surface area contributed by atoms with Crippen LogP contribution in [0, 0.1) is 24.2 Å². The largest absolute Gasteiger partial charge is 0.491 e. The summed E-state index contributed by atoms with van der Waals surface area (Å²) in [6.07, 6.45) is 2.85. The number of hydrogen-bond donors (Lipinski definition) is 0. The number of aryl methyl sites for hydroxylation is 1. The summed E-state index contributed by atoms with van der Waals surface area (Å²) in [6.45, 7) is 9.34. The topological polar surface area (TPSA) is 77.4 Å². The van der Waals surface area contributed by atoms with Crippen molar-refractivity contribution in [3.8, 4) is 17.2 Å². The third kappa shape index (κ3) is 6.52. The van der Waals surface area contributed by atoms with Gasteiger partial charge in [-0.25, -0.2) is 14.2 Å². The number of nitrogens with zero attached hydrogens (tertiary/aromatic N) is 4. The van der Waals surface area contributed by atoms with Crippen LogP contribution in [-0.2, 0) is 17.6 Å². The van der Waals surface area contributed by atoms with Crippen molar-refractivity contribution in [3.63, 3.8) is 0 Å². The number of benzene rings is 1. The minimum Gasteiger partial charge on any atom is -0.491 e. The number of carbonyl (C=O) groups is 1. The number of ether oxygens (including phenoxy) is 2. The summed E-state index contributed by atoms with van der Waals surface area (Å²) in [5.74, 6) is 3.01. The number of methoxy groups -OCH3 is 1. The van der Waals surface area contributed by atoms with E-state index in [4.69, 9.17) is 21.1 Å². The first-order valence-electron chi connectivity index (χ1n) is 12.4. The number of esters is 1. The second-order valence-electron chi connectivity index (χ2n) is 10.0. The summed E-state index contributed by atoms with van der Waals surface area (Å²) in [4.78, 5) is 19.9. The van der Waals surface area contributed by atoms with E-state index in [0.29, 0.717) is 41.1 Å². The van der Waals surface area contributed by atoms with Crippen LogP contribution in [0.5, 0.6) is 5.75 Å². The molecule has 1 aromatic carbocycles. The Morgan fingerprint density at radius 1 is 1.29 bits per heavy atom. The molecule has 0 unspecified atom stereocenters. The summed E-state index contributed by atoms with van der Waals surface area (Å²) >= 11 is 7.60. The van der Waals surface area contributed by atoms with Crippen molar-refractivity contribution in [1.29, 1.82) is 0 Å². The summed E-state index contributed by atoms with van der Waals surface area (Å²) in [5.41, 5.74) is 6.09. The van der Waals surface area contributed by atoms with Gasteiger partial charge in [-0.3, -0.25) is 0 Å².